The Hall–Kier alpha value is -1.88. The second-order valence-corrected chi connectivity index (χ2v) is 7.49. The van der Waals surface area contributed by atoms with Crippen molar-refractivity contribution in [1.29, 1.82) is 0 Å². The Morgan fingerprint density at radius 3 is 2.50 bits per heavy atom. The number of benzene rings is 2. The summed E-state index contributed by atoms with van der Waals surface area (Å²) in [4.78, 5) is 15.0. The predicted molar refractivity (Wildman–Crippen MR) is 119 cm³/mol. The van der Waals surface area contributed by atoms with Crippen LogP contribution in [-0.4, -0.2) is 37.5 Å². The number of carbonyl (C=O) groups excluding carboxylic acids is 1. The fourth-order valence-electron chi connectivity index (χ4n) is 3.86. The van der Waals surface area contributed by atoms with Crippen LogP contribution in [0.4, 0.5) is 5.69 Å². The lowest BCUT2D eigenvalue weighted by atomic mass is 9.92. The molecule has 1 amide bonds. The molecule has 5 heteroatoms. The molecule has 0 radical (unpaired) electrons. The van der Waals surface area contributed by atoms with Gasteiger partial charge in [-0.25, -0.2) is 0 Å². The van der Waals surface area contributed by atoms with E-state index in [9.17, 15) is 4.79 Å². The number of halogens is 1. The van der Waals surface area contributed by atoms with Crippen molar-refractivity contribution in [1.82, 2.24) is 10.2 Å². The molecule has 4 nitrogen and oxygen atoms in total. The largest absolute Gasteiger partial charge is 0.322 e. The molecule has 0 aromatic heterocycles. The Balaban J connectivity index is 0.00000280. The predicted octanol–water partition coefficient (Wildman–Crippen LogP) is 4.74. The topological polar surface area (TPSA) is 44.4 Å². The third-order valence-corrected chi connectivity index (χ3v) is 5.66. The Kier molecular flexibility index (Phi) is 8.97. The SMILES string of the molecule is CNCCC1CCN(C(C)c2cccc(NC(=O)c3ccccc3)c2)CC1.Cl. The summed E-state index contributed by atoms with van der Waals surface area (Å²) in [5, 5.41) is 6.28. The second-order valence-electron chi connectivity index (χ2n) is 7.49. The molecular formula is C23H32ClN3O. The van der Waals surface area contributed by atoms with Crippen LogP contribution in [-0.2, 0) is 0 Å². The Bertz CT molecular complexity index is 730. The number of carbonyl (C=O) groups is 1. The summed E-state index contributed by atoms with van der Waals surface area (Å²) in [7, 11) is 2.03. The molecule has 1 aliphatic rings. The minimum atomic E-state index is -0.0641. The fraction of sp³-hybridized carbons (Fsp3) is 0.435. The molecule has 1 fully saturated rings. The van der Waals surface area contributed by atoms with Gasteiger partial charge in [-0.3, -0.25) is 9.69 Å². The van der Waals surface area contributed by atoms with E-state index >= 15 is 0 Å². The molecule has 1 atom stereocenters. The van der Waals surface area contributed by atoms with E-state index in [1.807, 2.05) is 49.5 Å². The highest BCUT2D eigenvalue weighted by Gasteiger charge is 2.23. The number of piperidine rings is 1. The van der Waals surface area contributed by atoms with Gasteiger partial charge in [0.05, 0.1) is 0 Å². The summed E-state index contributed by atoms with van der Waals surface area (Å²) < 4.78 is 0. The van der Waals surface area contributed by atoms with Crippen molar-refractivity contribution in [3.8, 4) is 0 Å². The summed E-state index contributed by atoms with van der Waals surface area (Å²) in [6.07, 6.45) is 3.83. The molecule has 1 saturated heterocycles. The van der Waals surface area contributed by atoms with Gasteiger partial charge in [0.25, 0.3) is 5.91 Å². The maximum atomic E-state index is 12.4. The Morgan fingerprint density at radius 2 is 1.82 bits per heavy atom. The zero-order valence-corrected chi connectivity index (χ0v) is 17.7. The fourth-order valence-corrected chi connectivity index (χ4v) is 3.86. The number of anilines is 1. The number of hydrogen-bond acceptors (Lipinski definition) is 3. The highest BCUT2D eigenvalue weighted by atomic mass is 35.5. The minimum absolute atomic E-state index is 0. The van der Waals surface area contributed by atoms with Gasteiger partial charge in [0.1, 0.15) is 0 Å². The smallest absolute Gasteiger partial charge is 0.255 e. The van der Waals surface area contributed by atoms with Gasteiger partial charge in [-0.15, -0.1) is 12.4 Å². The molecule has 28 heavy (non-hydrogen) atoms. The van der Waals surface area contributed by atoms with Crippen LogP contribution >= 0.6 is 12.4 Å². The van der Waals surface area contributed by atoms with E-state index in [1.165, 1.54) is 24.8 Å². The van der Waals surface area contributed by atoms with Crippen molar-refractivity contribution in [2.75, 3.05) is 32.0 Å². The van der Waals surface area contributed by atoms with Crippen LogP contribution in [0.15, 0.2) is 54.6 Å². The number of likely N-dealkylation sites (tertiary alicyclic amines) is 1. The molecule has 0 bridgehead atoms. The van der Waals surface area contributed by atoms with Gasteiger partial charge in [0, 0.05) is 17.3 Å². The average molecular weight is 402 g/mol. The van der Waals surface area contributed by atoms with Crippen LogP contribution in [0.1, 0.15) is 48.1 Å². The quantitative estimate of drug-likeness (QED) is 0.704. The number of rotatable bonds is 7. The van der Waals surface area contributed by atoms with E-state index in [4.69, 9.17) is 0 Å². The van der Waals surface area contributed by atoms with Crippen LogP contribution in [0.25, 0.3) is 0 Å². The van der Waals surface area contributed by atoms with Gasteiger partial charge in [-0.05, 0) is 88.6 Å². The van der Waals surface area contributed by atoms with Crippen molar-refractivity contribution in [3.63, 3.8) is 0 Å². The van der Waals surface area contributed by atoms with Gasteiger partial charge in [0.2, 0.25) is 0 Å². The van der Waals surface area contributed by atoms with Crippen molar-refractivity contribution in [2.24, 2.45) is 5.92 Å². The van der Waals surface area contributed by atoms with Crippen molar-refractivity contribution >= 4 is 24.0 Å². The van der Waals surface area contributed by atoms with Gasteiger partial charge >= 0.3 is 0 Å². The summed E-state index contributed by atoms with van der Waals surface area (Å²) in [6, 6.07) is 18.0. The van der Waals surface area contributed by atoms with Crippen molar-refractivity contribution in [2.45, 2.75) is 32.2 Å². The van der Waals surface area contributed by atoms with E-state index in [2.05, 4.69) is 34.6 Å². The molecule has 152 valence electrons. The molecule has 1 unspecified atom stereocenters. The first kappa shape index (κ1) is 22.4. The lowest BCUT2D eigenvalue weighted by Crippen LogP contribution is -2.36. The van der Waals surface area contributed by atoms with E-state index in [1.54, 1.807) is 0 Å². The number of nitrogens with one attached hydrogen (secondary N) is 2. The molecular weight excluding hydrogens is 370 g/mol. The zero-order chi connectivity index (χ0) is 19.1. The van der Waals surface area contributed by atoms with Gasteiger partial charge in [-0.1, -0.05) is 30.3 Å². The molecule has 2 aromatic rings. The number of nitrogens with zero attached hydrogens (tertiary/aromatic N) is 1. The van der Waals surface area contributed by atoms with Crippen LogP contribution in [0, 0.1) is 5.92 Å². The van der Waals surface area contributed by atoms with Crippen LogP contribution in [0.3, 0.4) is 0 Å². The first-order valence-electron chi connectivity index (χ1n) is 10.0. The molecule has 2 aromatic carbocycles. The third kappa shape index (κ3) is 6.06. The lowest BCUT2D eigenvalue weighted by molar-refractivity contribution is 0.102. The van der Waals surface area contributed by atoms with Gasteiger partial charge < -0.3 is 10.6 Å². The first-order valence-corrected chi connectivity index (χ1v) is 10.0. The number of hydrogen-bond donors (Lipinski definition) is 2. The summed E-state index contributed by atoms with van der Waals surface area (Å²) >= 11 is 0. The van der Waals surface area contributed by atoms with Crippen LogP contribution < -0.4 is 10.6 Å². The van der Waals surface area contributed by atoms with Crippen LogP contribution in [0.2, 0.25) is 0 Å². The van der Waals surface area contributed by atoms with Crippen molar-refractivity contribution < 1.29 is 4.79 Å². The minimum Gasteiger partial charge on any atom is -0.322 e. The molecule has 0 saturated carbocycles. The maximum absolute atomic E-state index is 12.4. The second kappa shape index (κ2) is 11.2. The first-order chi connectivity index (χ1) is 13.2. The van der Waals surface area contributed by atoms with Gasteiger partial charge in [0.15, 0.2) is 0 Å². The summed E-state index contributed by atoms with van der Waals surface area (Å²) in [5.74, 6) is 0.781. The molecule has 1 aliphatic heterocycles. The average Bonchev–Trinajstić information content (AvgIpc) is 2.73. The maximum Gasteiger partial charge on any atom is 0.255 e. The summed E-state index contributed by atoms with van der Waals surface area (Å²) in [5.41, 5.74) is 2.80. The highest BCUT2D eigenvalue weighted by Crippen LogP contribution is 2.29. The van der Waals surface area contributed by atoms with Gasteiger partial charge in [-0.2, -0.15) is 0 Å². The Morgan fingerprint density at radius 1 is 1.11 bits per heavy atom. The highest BCUT2D eigenvalue weighted by molar-refractivity contribution is 6.04. The molecule has 3 rings (SSSR count). The number of amides is 1. The molecule has 1 heterocycles. The zero-order valence-electron chi connectivity index (χ0n) is 16.9. The van der Waals surface area contributed by atoms with E-state index in [-0.39, 0.29) is 18.3 Å². The van der Waals surface area contributed by atoms with E-state index in [0.717, 1.165) is 31.2 Å². The summed E-state index contributed by atoms with van der Waals surface area (Å²) in [6.45, 7) is 5.68. The van der Waals surface area contributed by atoms with E-state index < -0.39 is 0 Å². The Labute approximate surface area is 175 Å². The molecule has 2 N–H and O–H groups in total. The lowest BCUT2D eigenvalue weighted by Gasteiger charge is -2.36. The molecule has 0 aliphatic carbocycles. The third-order valence-electron chi connectivity index (χ3n) is 5.66. The normalized spacial score (nSPS) is 16.2. The monoisotopic (exact) mass is 401 g/mol. The van der Waals surface area contributed by atoms with Crippen LogP contribution in [0.5, 0.6) is 0 Å². The standard InChI is InChI=1S/C23H31N3O.ClH/c1-18(26-15-12-19(13-16-26)11-14-24-2)21-9-6-10-22(17-21)25-23(27)20-7-4-3-5-8-20;/h3-10,17-19,24H,11-16H2,1-2H3,(H,25,27);1H. The van der Waals surface area contributed by atoms with E-state index in [0.29, 0.717) is 11.6 Å². The van der Waals surface area contributed by atoms with Crippen molar-refractivity contribution in [3.05, 3.63) is 65.7 Å². The molecule has 0 spiro atoms.